The molecule has 0 spiro atoms. The van der Waals surface area contributed by atoms with E-state index in [1.165, 1.54) is 5.69 Å². The van der Waals surface area contributed by atoms with E-state index in [2.05, 4.69) is 18.9 Å². The number of benzene rings is 1. The summed E-state index contributed by atoms with van der Waals surface area (Å²) in [6.45, 7) is 5.87. The molecule has 0 bridgehead atoms. The van der Waals surface area contributed by atoms with Crippen LogP contribution in [-0.4, -0.2) is 15.6 Å². The van der Waals surface area contributed by atoms with Gasteiger partial charge in [-0.15, -0.1) is 0 Å². The minimum atomic E-state index is 0.0821. The Morgan fingerprint density at radius 3 is 2.62 bits per heavy atom. The van der Waals surface area contributed by atoms with Crippen molar-refractivity contribution in [1.82, 2.24) is 9.78 Å². The average Bonchev–Trinajstić information content (AvgIpc) is 2.51. The van der Waals surface area contributed by atoms with Gasteiger partial charge in [0.25, 0.3) is 0 Å². The second-order valence-electron chi connectivity index (χ2n) is 4.45. The molecule has 0 fully saturated rings. The maximum absolute atomic E-state index is 11.3. The van der Waals surface area contributed by atoms with Gasteiger partial charge < -0.3 is 0 Å². The van der Waals surface area contributed by atoms with Gasteiger partial charge in [0, 0.05) is 23.7 Å². The predicted molar refractivity (Wildman–Crippen MR) is 64.8 cm³/mol. The van der Waals surface area contributed by atoms with Crippen molar-refractivity contribution in [2.75, 3.05) is 0 Å². The Morgan fingerprint density at radius 2 is 2.06 bits per heavy atom. The monoisotopic (exact) mass is 216 g/mol. The van der Waals surface area contributed by atoms with E-state index < -0.39 is 0 Å². The number of rotatable bonds is 2. The van der Waals surface area contributed by atoms with Crippen molar-refractivity contribution >= 4 is 16.7 Å². The molecule has 0 N–H and O–H groups in total. The normalized spacial score (nSPS) is 11.3. The van der Waals surface area contributed by atoms with Gasteiger partial charge in [0.05, 0.1) is 5.52 Å². The van der Waals surface area contributed by atoms with E-state index in [-0.39, 0.29) is 5.78 Å². The topological polar surface area (TPSA) is 34.9 Å². The smallest absolute Gasteiger partial charge is 0.159 e. The van der Waals surface area contributed by atoms with Gasteiger partial charge in [-0.25, -0.2) is 0 Å². The lowest BCUT2D eigenvalue weighted by atomic mass is 10.0. The van der Waals surface area contributed by atoms with Gasteiger partial charge in [0.2, 0.25) is 0 Å². The number of fused-ring (bicyclic) bond motifs is 1. The molecule has 1 aromatic heterocycles. The summed E-state index contributed by atoms with van der Waals surface area (Å²) in [6, 6.07) is 5.73. The number of carbonyl (C=O) groups is 1. The molecule has 1 aromatic carbocycles. The summed E-state index contributed by atoms with van der Waals surface area (Å²) in [5.74, 6) is 0.511. The maximum atomic E-state index is 11.3. The third-order valence-corrected chi connectivity index (χ3v) is 2.83. The van der Waals surface area contributed by atoms with E-state index in [9.17, 15) is 4.79 Å². The Bertz CT molecular complexity index is 552. The molecule has 0 saturated carbocycles. The van der Waals surface area contributed by atoms with Gasteiger partial charge in [-0.1, -0.05) is 26.0 Å². The van der Waals surface area contributed by atoms with E-state index in [1.54, 1.807) is 6.92 Å². The number of carbonyl (C=O) groups excluding carboxylic acids is 1. The van der Waals surface area contributed by atoms with Crippen LogP contribution in [0.15, 0.2) is 18.2 Å². The SMILES string of the molecule is CC(=O)c1ccc2c(C(C)C)n(C)nc2c1. The molecule has 0 aliphatic carbocycles. The van der Waals surface area contributed by atoms with Crippen molar-refractivity contribution < 1.29 is 4.79 Å². The van der Waals surface area contributed by atoms with Crippen molar-refractivity contribution in [2.24, 2.45) is 7.05 Å². The Balaban J connectivity index is 2.70. The molecule has 0 unspecified atom stereocenters. The lowest BCUT2D eigenvalue weighted by Crippen LogP contribution is -1.99. The maximum Gasteiger partial charge on any atom is 0.159 e. The van der Waals surface area contributed by atoms with Crippen molar-refractivity contribution in [3.05, 3.63) is 29.5 Å². The molecule has 0 saturated heterocycles. The zero-order valence-electron chi connectivity index (χ0n) is 10.1. The Hall–Kier alpha value is -1.64. The van der Waals surface area contributed by atoms with Gasteiger partial charge in [0.1, 0.15) is 0 Å². The molecule has 0 amide bonds. The molecule has 0 radical (unpaired) electrons. The molecule has 2 aromatic rings. The minimum absolute atomic E-state index is 0.0821. The van der Waals surface area contributed by atoms with Crippen LogP contribution in [0.4, 0.5) is 0 Å². The highest BCUT2D eigenvalue weighted by atomic mass is 16.1. The Kier molecular flexibility index (Phi) is 2.54. The second-order valence-corrected chi connectivity index (χ2v) is 4.45. The summed E-state index contributed by atoms with van der Waals surface area (Å²) in [5, 5.41) is 5.58. The minimum Gasteiger partial charge on any atom is -0.295 e. The summed E-state index contributed by atoms with van der Waals surface area (Å²) in [4.78, 5) is 11.3. The van der Waals surface area contributed by atoms with Gasteiger partial charge in [-0.3, -0.25) is 9.48 Å². The van der Waals surface area contributed by atoms with E-state index in [0.717, 1.165) is 16.5 Å². The van der Waals surface area contributed by atoms with Crippen LogP contribution in [0.5, 0.6) is 0 Å². The first kappa shape index (κ1) is 10.9. The lowest BCUT2D eigenvalue weighted by Gasteiger charge is -2.05. The largest absolute Gasteiger partial charge is 0.295 e. The predicted octanol–water partition coefficient (Wildman–Crippen LogP) is 2.90. The number of ketones is 1. The highest BCUT2D eigenvalue weighted by Gasteiger charge is 2.13. The fourth-order valence-corrected chi connectivity index (χ4v) is 2.12. The number of nitrogens with zero attached hydrogens (tertiary/aromatic N) is 2. The zero-order chi connectivity index (χ0) is 11.9. The molecule has 3 nitrogen and oxygen atoms in total. The third kappa shape index (κ3) is 1.62. The van der Waals surface area contributed by atoms with Crippen molar-refractivity contribution in [1.29, 1.82) is 0 Å². The first-order valence-electron chi connectivity index (χ1n) is 5.48. The summed E-state index contributed by atoms with van der Waals surface area (Å²) < 4.78 is 1.90. The summed E-state index contributed by atoms with van der Waals surface area (Å²) in [7, 11) is 1.95. The van der Waals surface area contributed by atoms with Gasteiger partial charge >= 0.3 is 0 Å². The molecule has 2 rings (SSSR count). The fourth-order valence-electron chi connectivity index (χ4n) is 2.12. The summed E-state index contributed by atoms with van der Waals surface area (Å²) in [6.07, 6.45) is 0. The molecule has 3 heteroatoms. The molecule has 84 valence electrons. The first-order chi connectivity index (χ1) is 7.50. The van der Waals surface area contributed by atoms with Crippen molar-refractivity contribution in [3.8, 4) is 0 Å². The number of aromatic nitrogens is 2. The highest BCUT2D eigenvalue weighted by Crippen LogP contribution is 2.25. The summed E-state index contributed by atoms with van der Waals surface area (Å²) >= 11 is 0. The van der Waals surface area contributed by atoms with Gasteiger partial charge in [-0.05, 0) is 18.9 Å². The number of Topliss-reactive ketones (excluding diaryl/α,β-unsaturated/α-hetero) is 1. The molecule has 0 atom stereocenters. The van der Waals surface area contributed by atoms with Crippen molar-refractivity contribution in [3.63, 3.8) is 0 Å². The highest BCUT2D eigenvalue weighted by molar-refractivity contribution is 5.98. The van der Waals surface area contributed by atoms with Crippen LogP contribution < -0.4 is 0 Å². The second kappa shape index (κ2) is 3.74. The molecule has 1 heterocycles. The van der Waals surface area contributed by atoms with Crippen LogP contribution in [0.1, 0.15) is 42.7 Å². The zero-order valence-corrected chi connectivity index (χ0v) is 10.1. The Labute approximate surface area is 95.1 Å². The molecule has 16 heavy (non-hydrogen) atoms. The first-order valence-corrected chi connectivity index (χ1v) is 5.48. The van der Waals surface area contributed by atoms with Crippen LogP contribution in [0.25, 0.3) is 10.9 Å². The average molecular weight is 216 g/mol. The molecular weight excluding hydrogens is 200 g/mol. The molecular formula is C13H16N2O. The van der Waals surface area contributed by atoms with E-state index in [0.29, 0.717) is 5.92 Å². The lowest BCUT2D eigenvalue weighted by molar-refractivity contribution is 0.101. The number of hydrogen-bond acceptors (Lipinski definition) is 2. The molecule has 0 aliphatic rings. The van der Waals surface area contributed by atoms with Crippen LogP contribution in [-0.2, 0) is 7.05 Å². The van der Waals surface area contributed by atoms with Gasteiger partial charge in [0.15, 0.2) is 5.78 Å². The van der Waals surface area contributed by atoms with Gasteiger partial charge in [-0.2, -0.15) is 5.10 Å². The fraction of sp³-hybridized carbons (Fsp3) is 0.385. The Morgan fingerprint density at radius 1 is 1.38 bits per heavy atom. The number of aryl methyl sites for hydroxylation is 1. The summed E-state index contributed by atoms with van der Waals surface area (Å²) in [5.41, 5.74) is 2.84. The van der Waals surface area contributed by atoms with Crippen LogP contribution in [0.2, 0.25) is 0 Å². The van der Waals surface area contributed by atoms with Crippen LogP contribution in [0.3, 0.4) is 0 Å². The number of hydrogen-bond donors (Lipinski definition) is 0. The van der Waals surface area contributed by atoms with Crippen LogP contribution in [0, 0.1) is 0 Å². The molecule has 0 aliphatic heterocycles. The van der Waals surface area contributed by atoms with E-state index >= 15 is 0 Å². The van der Waals surface area contributed by atoms with E-state index in [4.69, 9.17) is 0 Å². The van der Waals surface area contributed by atoms with Crippen LogP contribution >= 0.6 is 0 Å². The van der Waals surface area contributed by atoms with E-state index in [1.807, 2.05) is 29.9 Å². The standard InChI is InChI=1S/C13H16N2O/c1-8(2)13-11-6-5-10(9(3)16)7-12(11)14-15(13)4/h5-8H,1-4H3. The van der Waals surface area contributed by atoms with Crippen molar-refractivity contribution in [2.45, 2.75) is 26.7 Å². The quantitative estimate of drug-likeness (QED) is 0.723. The third-order valence-electron chi connectivity index (χ3n) is 2.83.